The molecule has 0 aliphatic heterocycles. The van der Waals surface area contributed by atoms with Gasteiger partial charge in [0.2, 0.25) is 0 Å². The van der Waals surface area contributed by atoms with Crippen molar-refractivity contribution >= 4 is 86.8 Å². The Labute approximate surface area is 96.9 Å². The van der Waals surface area contributed by atoms with Gasteiger partial charge in [-0.3, -0.25) is 0 Å². The molecule has 0 aliphatic rings. The second kappa shape index (κ2) is 7.17. The maximum absolute atomic E-state index is 5.04. The molecular formula is Cl8SnTi. The molecule has 10 heteroatoms. The van der Waals surface area contributed by atoms with E-state index in [0.717, 1.165) is 0 Å². The summed E-state index contributed by atoms with van der Waals surface area (Å²) in [5, 5.41) is 0. The fourth-order valence-corrected chi connectivity index (χ4v) is 0. The van der Waals surface area contributed by atoms with Crippen molar-refractivity contribution in [3.05, 3.63) is 0 Å². The van der Waals surface area contributed by atoms with E-state index in [4.69, 9.17) is 72.9 Å². The summed E-state index contributed by atoms with van der Waals surface area (Å²) in [7, 11) is 40.2. The Balaban J connectivity index is 0. The van der Waals surface area contributed by atoms with Gasteiger partial charge in [0.1, 0.15) is 0 Å². The van der Waals surface area contributed by atoms with Gasteiger partial charge in [0.05, 0.1) is 0 Å². The third kappa shape index (κ3) is 94.5. The molecular weight excluding hydrogens is 450 g/mol. The van der Waals surface area contributed by atoms with Gasteiger partial charge in [0, 0.05) is 0 Å². The first kappa shape index (κ1) is 16.3. The van der Waals surface area contributed by atoms with Gasteiger partial charge in [-0.2, -0.15) is 0 Å². The van der Waals surface area contributed by atoms with Crippen molar-refractivity contribution < 1.29 is 12.3 Å². The summed E-state index contributed by atoms with van der Waals surface area (Å²) in [4.78, 5) is 0. The third-order valence-corrected chi connectivity index (χ3v) is 0. The summed E-state index contributed by atoms with van der Waals surface area (Å²) < 4.78 is 0. The van der Waals surface area contributed by atoms with Crippen molar-refractivity contribution in [3.8, 4) is 0 Å². The van der Waals surface area contributed by atoms with E-state index in [1.807, 2.05) is 0 Å². The van der Waals surface area contributed by atoms with Crippen LogP contribution in [0.4, 0.5) is 0 Å². The first-order valence-electron chi connectivity index (χ1n) is 1.51. The topological polar surface area (TPSA) is 0 Å². The monoisotopic (exact) mass is 448 g/mol. The molecule has 0 unspecified atom stereocenters. The van der Waals surface area contributed by atoms with Crippen LogP contribution in [-0.2, 0) is 12.3 Å². The number of rotatable bonds is 0. The normalized spacial score (nSPS) is 12.0. The molecule has 64 valence electrons. The molecule has 0 heterocycles. The molecule has 0 bridgehead atoms. The summed E-state index contributed by atoms with van der Waals surface area (Å²) in [6, 6.07) is 0. The Kier molecular flexibility index (Phi) is 11.7. The van der Waals surface area contributed by atoms with Gasteiger partial charge >= 0.3 is 99.1 Å². The van der Waals surface area contributed by atoms with Crippen molar-refractivity contribution in [1.82, 2.24) is 0 Å². The van der Waals surface area contributed by atoms with E-state index in [0.29, 0.717) is 0 Å². The van der Waals surface area contributed by atoms with E-state index in [1.165, 1.54) is 0 Å². The molecule has 0 saturated heterocycles. The van der Waals surface area contributed by atoms with Gasteiger partial charge in [-0.25, -0.2) is 0 Å². The predicted molar refractivity (Wildman–Crippen MR) is 52.6 cm³/mol. The van der Waals surface area contributed by atoms with Gasteiger partial charge in [-0.1, -0.05) is 0 Å². The molecule has 0 atom stereocenters. The Bertz CT molecular complexity index is 52.2. The van der Waals surface area contributed by atoms with Crippen LogP contribution in [0.2, 0.25) is 0 Å². The molecule has 0 saturated carbocycles. The van der Waals surface area contributed by atoms with Crippen molar-refractivity contribution in [1.29, 1.82) is 0 Å². The Morgan fingerprint density at radius 2 is 0.700 bits per heavy atom. The SMILES string of the molecule is [Cl][Sn]([Cl])([Cl])[Cl].[Cl][Ti]([Cl])([Cl])[Cl]. The van der Waals surface area contributed by atoms with Crippen LogP contribution in [0, 0.1) is 0 Å². The van der Waals surface area contributed by atoms with Crippen molar-refractivity contribution in [2.45, 2.75) is 0 Å². The molecule has 0 radical (unpaired) electrons. The minimum atomic E-state index is -3.29. The van der Waals surface area contributed by atoms with Crippen LogP contribution < -0.4 is 0 Å². The number of halogens is 8. The van der Waals surface area contributed by atoms with Crippen LogP contribution in [0.15, 0.2) is 0 Å². The fraction of sp³-hybridized carbons (Fsp3) is 0. The molecule has 0 aromatic carbocycles. The average Bonchev–Trinajstić information content (AvgIpc) is 1.12. The fourth-order valence-electron chi connectivity index (χ4n) is 0. The van der Waals surface area contributed by atoms with E-state index in [1.54, 1.807) is 0 Å². The summed E-state index contributed by atoms with van der Waals surface area (Å²) in [6.07, 6.45) is 0. The van der Waals surface area contributed by atoms with E-state index in [9.17, 15) is 0 Å². The van der Waals surface area contributed by atoms with Gasteiger partial charge in [0.15, 0.2) is 0 Å². The zero-order valence-corrected chi connectivity index (χ0v) is 14.5. The molecule has 0 rings (SSSR count). The van der Waals surface area contributed by atoms with E-state index < -0.39 is 26.2 Å². The average molecular weight is 450 g/mol. The van der Waals surface area contributed by atoms with E-state index in [-0.39, 0.29) is 0 Å². The van der Waals surface area contributed by atoms with E-state index >= 15 is 0 Å². The third-order valence-electron chi connectivity index (χ3n) is 0. The first-order valence-corrected chi connectivity index (χ1v) is 24.6. The van der Waals surface area contributed by atoms with Gasteiger partial charge in [-0.05, 0) is 0 Å². The van der Waals surface area contributed by atoms with Gasteiger partial charge < -0.3 is 0 Å². The number of hydrogen-bond acceptors (Lipinski definition) is 0. The Morgan fingerprint density at radius 1 is 0.700 bits per heavy atom. The van der Waals surface area contributed by atoms with Gasteiger partial charge in [0.25, 0.3) is 0 Å². The summed E-state index contributed by atoms with van der Waals surface area (Å²) in [5.74, 6) is 0. The standard InChI is InChI=1S/8ClH.Sn.Ti/h8*1H;;/q;;;;;;;;2*+4/p-8. The molecule has 10 heavy (non-hydrogen) atoms. The van der Waals surface area contributed by atoms with Crippen LogP contribution in [0.3, 0.4) is 0 Å². The van der Waals surface area contributed by atoms with Crippen LogP contribution in [-0.4, -0.2) is 13.9 Å². The number of hydrogen-bond donors (Lipinski definition) is 0. The summed E-state index contributed by atoms with van der Waals surface area (Å²) in [5.41, 5.74) is 0. The van der Waals surface area contributed by atoms with Crippen LogP contribution >= 0.6 is 72.9 Å². The molecule has 0 N–H and O–H groups in total. The molecule has 0 aromatic heterocycles. The molecule has 0 aliphatic carbocycles. The van der Waals surface area contributed by atoms with Crippen LogP contribution in [0.5, 0.6) is 0 Å². The van der Waals surface area contributed by atoms with Crippen molar-refractivity contribution in [3.63, 3.8) is 0 Å². The van der Waals surface area contributed by atoms with Gasteiger partial charge in [-0.15, -0.1) is 0 Å². The quantitative estimate of drug-likeness (QED) is 0.449. The van der Waals surface area contributed by atoms with E-state index in [2.05, 4.69) is 0 Å². The van der Waals surface area contributed by atoms with Crippen molar-refractivity contribution in [2.75, 3.05) is 0 Å². The van der Waals surface area contributed by atoms with Crippen LogP contribution in [0.1, 0.15) is 0 Å². The first-order chi connectivity index (χ1) is 4.00. The summed E-state index contributed by atoms with van der Waals surface area (Å²) >= 11 is -6.40. The molecule has 0 amide bonds. The maximum atomic E-state index is 5.04. The predicted octanol–water partition coefficient (Wildman–Crippen LogP) is 5.13. The zero-order chi connectivity index (χ0) is 9.00. The summed E-state index contributed by atoms with van der Waals surface area (Å²) in [6.45, 7) is 0. The van der Waals surface area contributed by atoms with Crippen molar-refractivity contribution in [2.24, 2.45) is 0 Å². The molecule has 0 nitrogen and oxygen atoms in total. The molecule has 0 aromatic rings. The second-order valence-corrected chi connectivity index (χ2v) is 41.8. The molecule has 0 spiro atoms. The molecule has 0 fully saturated rings. The Morgan fingerprint density at radius 3 is 0.700 bits per heavy atom. The van der Waals surface area contributed by atoms with Crippen LogP contribution in [0.25, 0.3) is 0 Å². The Hall–Kier alpha value is 3.83. The second-order valence-electron chi connectivity index (χ2n) is 0.857. The minimum absolute atomic E-state index is 3.11. The zero-order valence-electron chi connectivity index (χ0n) is 4.02.